The second-order valence-electron chi connectivity index (χ2n) is 6.36. The summed E-state index contributed by atoms with van der Waals surface area (Å²) >= 11 is 0. The molecule has 4 nitrogen and oxygen atoms in total. The Hall–Kier alpha value is -1.39. The molecule has 4 heteroatoms. The van der Waals surface area contributed by atoms with Gasteiger partial charge in [0.15, 0.2) is 0 Å². The van der Waals surface area contributed by atoms with Crippen LogP contribution in [0, 0.1) is 0 Å². The van der Waals surface area contributed by atoms with E-state index in [2.05, 4.69) is 10.2 Å². The lowest BCUT2D eigenvalue weighted by molar-refractivity contribution is -0.123. The molecule has 2 aliphatic rings. The summed E-state index contributed by atoms with van der Waals surface area (Å²) in [5.74, 6) is -0.00435. The Morgan fingerprint density at radius 1 is 1.29 bits per heavy atom. The molecule has 3 atom stereocenters. The van der Waals surface area contributed by atoms with Crippen LogP contribution in [0.5, 0.6) is 0 Å². The van der Waals surface area contributed by atoms with Crippen molar-refractivity contribution >= 4 is 5.91 Å². The van der Waals surface area contributed by atoms with Gasteiger partial charge in [-0.25, -0.2) is 0 Å². The smallest absolute Gasteiger partial charge is 0.237 e. The lowest BCUT2D eigenvalue weighted by Gasteiger charge is -2.35. The third-order valence-electron chi connectivity index (χ3n) is 4.80. The van der Waals surface area contributed by atoms with E-state index >= 15 is 0 Å². The van der Waals surface area contributed by atoms with Crippen molar-refractivity contribution in [1.82, 2.24) is 10.2 Å². The van der Waals surface area contributed by atoms with E-state index in [0.717, 1.165) is 24.9 Å². The number of rotatable bonds is 4. The second kappa shape index (κ2) is 6.58. The summed E-state index contributed by atoms with van der Waals surface area (Å²) in [5, 5.41) is 3.16. The summed E-state index contributed by atoms with van der Waals surface area (Å²) < 4.78 is 0. The van der Waals surface area contributed by atoms with E-state index in [9.17, 15) is 4.79 Å². The predicted octanol–water partition coefficient (Wildman–Crippen LogP) is 1.30. The van der Waals surface area contributed by atoms with Crippen molar-refractivity contribution in [2.45, 2.75) is 50.2 Å². The molecule has 0 bridgehead atoms. The number of piperidine rings is 1. The highest BCUT2D eigenvalue weighted by Crippen LogP contribution is 2.26. The van der Waals surface area contributed by atoms with Gasteiger partial charge in [0.05, 0.1) is 6.04 Å². The van der Waals surface area contributed by atoms with Gasteiger partial charge in [0.25, 0.3) is 0 Å². The first-order chi connectivity index (χ1) is 10.2. The molecule has 2 aliphatic heterocycles. The van der Waals surface area contributed by atoms with Crippen LogP contribution in [0.1, 0.15) is 31.2 Å². The van der Waals surface area contributed by atoms with Gasteiger partial charge in [-0.05, 0) is 44.2 Å². The van der Waals surface area contributed by atoms with Crippen LogP contribution in [0.25, 0.3) is 0 Å². The number of nitrogens with one attached hydrogen (secondary N) is 1. The van der Waals surface area contributed by atoms with Crippen LogP contribution >= 0.6 is 0 Å². The second-order valence-corrected chi connectivity index (χ2v) is 6.36. The molecule has 1 aromatic carbocycles. The minimum atomic E-state index is -0.450. The van der Waals surface area contributed by atoms with Crippen molar-refractivity contribution in [3.63, 3.8) is 0 Å². The molecule has 0 spiro atoms. The molecule has 2 fully saturated rings. The molecule has 21 heavy (non-hydrogen) atoms. The molecule has 1 amide bonds. The van der Waals surface area contributed by atoms with Gasteiger partial charge in [-0.15, -0.1) is 0 Å². The van der Waals surface area contributed by atoms with E-state index in [1.807, 2.05) is 30.3 Å². The average molecular weight is 287 g/mol. The highest BCUT2D eigenvalue weighted by Gasteiger charge is 2.32. The van der Waals surface area contributed by atoms with E-state index in [-0.39, 0.29) is 5.91 Å². The van der Waals surface area contributed by atoms with Crippen molar-refractivity contribution in [3.8, 4) is 0 Å². The first-order valence-electron chi connectivity index (χ1n) is 8.06. The van der Waals surface area contributed by atoms with Gasteiger partial charge in [0.1, 0.15) is 0 Å². The summed E-state index contributed by atoms with van der Waals surface area (Å²) in [4.78, 5) is 14.8. The van der Waals surface area contributed by atoms with Gasteiger partial charge in [0, 0.05) is 18.6 Å². The molecule has 0 radical (unpaired) electrons. The number of nitrogens with zero attached hydrogens (tertiary/aromatic N) is 1. The number of carbonyl (C=O) groups is 1. The fourth-order valence-corrected chi connectivity index (χ4v) is 3.62. The lowest BCUT2D eigenvalue weighted by atomic mass is 9.97. The van der Waals surface area contributed by atoms with Crippen LogP contribution in [-0.4, -0.2) is 42.0 Å². The molecular weight excluding hydrogens is 262 g/mol. The molecule has 0 aliphatic carbocycles. The Bertz CT molecular complexity index is 476. The van der Waals surface area contributed by atoms with Crippen LogP contribution in [0.15, 0.2) is 30.3 Å². The van der Waals surface area contributed by atoms with Crippen molar-refractivity contribution in [3.05, 3.63) is 35.9 Å². The number of amides is 1. The SMILES string of the molecule is NC(Cc1ccccc1)C(=O)NC1CCN2CCCC2C1. The summed E-state index contributed by atoms with van der Waals surface area (Å²) in [6.07, 6.45) is 5.33. The maximum Gasteiger partial charge on any atom is 0.237 e. The van der Waals surface area contributed by atoms with E-state index in [4.69, 9.17) is 5.73 Å². The fraction of sp³-hybridized carbons (Fsp3) is 0.588. The summed E-state index contributed by atoms with van der Waals surface area (Å²) in [6, 6.07) is 10.5. The molecule has 0 aromatic heterocycles. The molecular formula is C17H25N3O. The molecule has 2 heterocycles. The van der Waals surface area contributed by atoms with Gasteiger partial charge in [-0.1, -0.05) is 30.3 Å². The third-order valence-corrected chi connectivity index (χ3v) is 4.80. The highest BCUT2D eigenvalue weighted by molar-refractivity contribution is 5.82. The molecule has 2 saturated heterocycles. The first kappa shape index (κ1) is 14.5. The van der Waals surface area contributed by atoms with Gasteiger partial charge in [-0.2, -0.15) is 0 Å². The van der Waals surface area contributed by atoms with Crippen molar-refractivity contribution in [2.75, 3.05) is 13.1 Å². The van der Waals surface area contributed by atoms with E-state index in [0.29, 0.717) is 18.5 Å². The normalized spacial score (nSPS) is 27.1. The molecule has 3 N–H and O–H groups in total. The molecule has 3 rings (SSSR count). The van der Waals surface area contributed by atoms with E-state index in [1.165, 1.54) is 19.4 Å². The Labute approximate surface area is 126 Å². The van der Waals surface area contributed by atoms with Gasteiger partial charge < -0.3 is 16.0 Å². The Morgan fingerprint density at radius 3 is 2.90 bits per heavy atom. The Balaban J connectivity index is 1.49. The number of nitrogens with two attached hydrogens (primary N) is 1. The third kappa shape index (κ3) is 3.63. The monoisotopic (exact) mass is 287 g/mol. The summed E-state index contributed by atoms with van der Waals surface area (Å²) in [7, 11) is 0. The van der Waals surface area contributed by atoms with E-state index < -0.39 is 6.04 Å². The quantitative estimate of drug-likeness (QED) is 0.877. The van der Waals surface area contributed by atoms with Crippen LogP contribution in [0.4, 0.5) is 0 Å². The zero-order valence-corrected chi connectivity index (χ0v) is 12.5. The van der Waals surface area contributed by atoms with Crippen molar-refractivity contribution in [2.24, 2.45) is 5.73 Å². The number of carbonyl (C=O) groups excluding carboxylic acids is 1. The highest BCUT2D eigenvalue weighted by atomic mass is 16.2. The number of fused-ring (bicyclic) bond motifs is 1. The number of hydrogen-bond donors (Lipinski definition) is 2. The molecule has 3 unspecified atom stereocenters. The topological polar surface area (TPSA) is 58.4 Å². The fourth-order valence-electron chi connectivity index (χ4n) is 3.62. The van der Waals surface area contributed by atoms with Gasteiger partial charge in [0.2, 0.25) is 5.91 Å². The molecule has 0 saturated carbocycles. The van der Waals surface area contributed by atoms with Gasteiger partial charge >= 0.3 is 0 Å². The predicted molar refractivity (Wildman–Crippen MR) is 83.9 cm³/mol. The lowest BCUT2D eigenvalue weighted by Crippen LogP contribution is -2.51. The molecule has 114 valence electrons. The Morgan fingerprint density at radius 2 is 2.10 bits per heavy atom. The van der Waals surface area contributed by atoms with E-state index in [1.54, 1.807) is 0 Å². The van der Waals surface area contributed by atoms with Gasteiger partial charge in [-0.3, -0.25) is 4.79 Å². The largest absolute Gasteiger partial charge is 0.352 e. The summed E-state index contributed by atoms with van der Waals surface area (Å²) in [5.41, 5.74) is 7.17. The van der Waals surface area contributed by atoms with Crippen LogP contribution in [0.2, 0.25) is 0 Å². The zero-order chi connectivity index (χ0) is 14.7. The molecule has 1 aromatic rings. The zero-order valence-electron chi connectivity index (χ0n) is 12.5. The minimum Gasteiger partial charge on any atom is -0.352 e. The average Bonchev–Trinajstić information content (AvgIpc) is 2.95. The van der Waals surface area contributed by atoms with Crippen molar-refractivity contribution < 1.29 is 4.79 Å². The minimum absolute atomic E-state index is 0.00435. The van der Waals surface area contributed by atoms with Crippen LogP contribution in [-0.2, 0) is 11.2 Å². The van der Waals surface area contributed by atoms with Crippen LogP contribution < -0.4 is 11.1 Å². The standard InChI is InChI=1S/C17H25N3O/c18-16(11-13-5-2-1-3-6-13)17(21)19-14-8-10-20-9-4-7-15(20)12-14/h1-3,5-6,14-16H,4,7-12,18H2,(H,19,21). The Kier molecular flexibility index (Phi) is 4.56. The number of benzene rings is 1. The van der Waals surface area contributed by atoms with Crippen molar-refractivity contribution in [1.29, 1.82) is 0 Å². The first-order valence-corrected chi connectivity index (χ1v) is 8.06. The maximum atomic E-state index is 12.3. The van der Waals surface area contributed by atoms with Crippen LogP contribution in [0.3, 0.4) is 0 Å². The number of hydrogen-bond acceptors (Lipinski definition) is 3. The maximum absolute atomic E-state index is 12.3. The summed E-state index contributed by atoms with van der Waals surface area (Å²) in [6.45, 7) is 2.35.